The van der Waals surface area contributed by atoms with Gasteiger partial charge in [-0.15, -0.1) is 0 Å². The highest BCUT2D eigenvalue weighted by atomic mass is 35.5. The zero-order valence-electron chi connectivity index (χ0n) is 10.7. The number of hydrogen-bond donors (Lipinski definition) is 3. The summed E-state index contributed by atoms with van der Waals surface area (Å²) < 4.78 is 30.9. The van der Waals surface area contributed by atoms with Gasteiger partial charge in [-0.25, -0.2) is 18.1 Å². The fraction of sp³-hybridized carbons (Fsp3) is 0.400. The second kappa shape index (κ2) is 7.39. The van der Waals surface area contributed by atoms with Crippen molar-refractivity contribution in [3.8, 4) is 0 Å². The Morgan fingerprint density at radius 3 is 2.80 bits per heavy atom. The summed E-state index contributed by atoms with van der Waals surface area (Å²) in [6.45, 7) is -0.231. The van der Waals surface area contributed by atoms with Gasteiger partial charge in [0.1, 0.15) is 17.3 Å². The number of nitrogens with two attached hydrogens (primary N) is 1. The van der Waals surface area contributed by atoms with Gasteiger partial charge in [-0.2, -0.15) is 0 Å². The lowest BCUT2D eigenvalue weighted by Gasteiger charge is -2.08. The molecule has 1 aromatic rings. The number of amides is 1. The number of carbonyl (C=O) groups is 1. The molecular weight excluding hydrogens is 308 g/mol. The van der Waals surface area contributed by atoms with Gasteiger partial charge in [-0.1, -0.05) is 11.6 Å². The Kier molecular flexibility index (Phi) is 6.14. The van der Waals surface area contributed by atoms with Crippen LogP contribution in [0, 0.1) is 0 Å². The van der Waals surface area contributed by atoms with E-state index in [0.29, 0.717) is 5.82 Å². The summed E-state index contributed by atoms with van der Waals surface area (Å²) in [5.41, 5.74) is 4.86. The predicted molar refractivity (Wildman–Crippen MR) is 74.0 cm³/mol. The van der Waals surface area contributed by atoms with Gasteiger partial charge in [0.15, 0.2) is 0 Å². The number of rotatable bonds is 8. The average Bonchev–Trinajstić information content (AvgIpc) is 2.37. The highest BCUT2D eigenvalue weighted by Gasteiger charge is 2.15. The predicted octanol–water partition coefficient (Wildman–Crippen LogP) is -0.443. The maximum Gasteiger partial charge on any atom is 0.243 e. The van der Waals surface area contributed by atoms with Crippen LogP contribution in [-0.2, 0) is 19.6 Å². The monoisotopic (exact) mass is 322 g/mol. The first-order valence-corrected chi connectivity index (χ1v) is 7.42. The molecule has 1 aromatic heterocycles. The average molecular weight is 323 g/mol. The van der Waals surface area contributed by atoms with Crippen molar-refractivity contribution in [1.82, 2.24) is 9.71 Å². The highest BCUT2D eigenvalue weighted by molar-refractivity contribution is 7.89. The maximum atomic E-state index is 11.9. The van der Waals surface area contributed by atoms with Gasteiger partial charge in [0.05, 0.1) is 11.6 Å². The SMILES string of the molecule is CNc1ncc(S(=O)(=O)NCCOCC(N)=O)cc1Cl. The lowest BCUT2D eigenvalue weighted by atomic mass is 10.4. The van der Waals surface area contributed by atoms with E-state index in [1.807, 2.05) is 0 Å². The summed E-state index contributed by atoms with van der Waals surface area (Å²) in [4.78, 5) is 14.2. The van der Waals surface area contributed by atoms with Gasteiger partial charge in [-0.05, 0) is 6.07 Å². The lowest BCUT2D eigenvalue weighted by Crippen LogP contribution is -2.29. The van der Waals surface area contributed by atoms with Gasteiger partial charge < -0.3 is 15.8 Å². The molecule has 10 heteroatoms. The van der Waals surface area contributed by atoms with E-state index < -0.39 is 15.9 Å². The van der Waals surface area contributed by atoms with Gasteiger partial charge in [0.2, 0.25) is 15.9 Å². The van der Waals surface area contributed by atoms with E-state index in [0.717, 1.165) is 0 Å². The molecule has 1 amide bonds. The molecule has 0 saturated heterocycles. The first-order valence-electron chi connectivity index (χ1n) is 5.56. The quantitative estimate of drug-likeness (QED) is 0.557. The number of halogens is 1. The molecule has 0 radical (unpaired) electrons. The molecule has 0 spiro atoms. The maximum absolute atomic E-state index is 11.9. The van der Waals surface area contributed by atoms with E-state index in [1.165, 1.54) is 12.3 Å². The highest BCUT2D eigenvalue weighted by Crippen LogP contribution is 2.21. The minimum absolute atomic E-state index is 0.00100. The van der Waals surface area contributed by atoms with Gasteiger partial charge >= 0.3 is 0 Å². The van der Waals surface area contributed by atoms with E-state index >= 15 is 0 Å². The zero-order valence-corrected chi connectivity index (χ0v) is 12.3. The fourth-order valence-electron chi connectivity index (χ4n) is 1.26. The molecule has 1 rings (SSSR count). The fourth-order valence-corrected chi connectivity index (χ4v) is 2.56. The van der Waals surface area contributed by atoms with Crippen LogP contribution < -0.4 is 15.8 Å². The number of sulfonamides is 1. The van der Waals surface area contributed by atoms with E-state index in [4.69, 9.17) is 22.1 Å². The van der Waals surface area contributed by atoms with Crippen LogP contribution >= 0.6 is 11.6 Å². The molecule has 0 aliphatic carbocycles. The van der Waals surface area contributed by atoms with Crippen LogP contribution in [-0.4, -0.2) is 46.1 Å². The summed E-state index contributed by atoms with van der Waals surface area (Å²) in [7, 11) is -2.11. The van der Waals surface area contributed by atoms with Crippen molar-refractivity contribution in [2.24, 2.45) is 5.73 Å². The van der Waals surface area contributed by atoms with Crippen LogP contribution in [0.15, 0.2) is 17.2 Å². The Morgan fingerprint density at radius 1 is 1.55 bits per heavy atom. The number of nitrogens with one attached hydrogen (secondary N) is 2. The molecule has 0 atom stereocenters. The van der Waals surface area contributed by atoms with Crippen molar-refractivity contribution >= 4 is 33.3 Å². The van der Waals surface area contributed by atoms with Gasteiger partial charge in [-0.3, -0.25) is 4.79 Å². The number of pyridine rings is 1. The van der Waals surface area contributed by atoms with E-state index in [2.05, 4.69) is 15.0 Å². The van der Waals surface area contributed by atoms with Crippen molar-refractivity contribution in [2.45, 2.75) is 4.90 Å². The molecule has 0 unspecified atom stereocenters. The molecule has 8 nitrogen and oxygen atoms in total. The Morgan fingerprint density at radius 2 is 2.25 bits per heavy atom. The molecule has 20 heavy (non-hydrogen) atoms. The second-order valence-electron chi connectivity index (χ2n) is 3.67. The summed E-state index contributed by atoms with van der Waals surface area (Å²) >= 11 is 5.86. The molecule has 0 saturated carbocycles. The van der Waals surface area contributed by atoms with Crippen LogP contribution in [0.25, 0.3) is 0 Å². The molecule has 112 valence electrons. The standard InChI is InChI=1S/C10H15ClN4O4S/c1-13-10-8(11)4-7(5-14-10)20(17,18)15-2-3-19-6-9(12)16/h4-5,15H,2-3,6H2,1H3,(H2,12,16)(H,13,14). The minimum atomic E-state index is -3.73. The molecule has 0 aliphatic heterocycles. The number of ether oxygens (including phenoxy) is 1. The summed E-state index contributed by atoms with van der Waals surface area (Å²) in [6, 6.07) is 1.28. The number of aromatic nitrogens is 1. The number of primary amides is 1. The Hall–Kier alpha value is -1.42. The van der Waals surface area contributed by atoms with Gasteiger partial charge in [0.25, 0.3) is 0 Å². The van der Waals surface area contributed by atoms with Crippen molar-refractivity contribution in [3.63, 3.8) is 0 Å². The largest absolute Gasteiger partial charge is 0.372 e. The minimum Gasteiger partial charge on any atom is -0.372 e. The number of carbonyl (C=O) groups excluding carboxylic acids is 1. The van der Waals surface area contributed by atoms with Crippen LogP contribution in [0.3, 0.4) is 0 Å². The van der Waals surface area contributed by atoms with E-state index in [1.54, 1.807) is 7.05 Å². The summed E-state index contributed by atoms with van der Waals surface area (Å²) in [5, 5.41) is 2.92. The number of anilines is 1. The molecule has 0 aromatic carbocycles. The van der Waals surface area contributed by atoms with Crippen LogP contribution in [0.5, 0.6) is 0 Å². The van der Waals surface area contributed by atoms with Crippen LogP contribution in [0.4, 0.5) is 5.82 Å². The van der Waals surface area contributed by atoms with Crippen molar-refractivity contribution in [2.75, 3.05) is 32.1 Å². The van der Waals surface area contributed by atoms with E-state index in [-0.39, 0.29) is 29.7 Å². The topological polar surface area (TPSA) is 123 Å². The van der Waals surface area contributed by atoms with Crippen molar-refractivity contribution in [3.05, 3.63) is 17.3 Å². The van der Waals surface area contributed by atoms with Crippen molar-refractivity contribution in [1.29, 1.82) is 0 Å². The molecule has 4 N–H and O–H groups in total. The van der Waals surface area contributed by atoms with Crippen LogP contribution in [0.1, 0.15) is 0 Å². The normalized spacial score (nSPS) is 11.3. The van der Waals surface area contributed by atoms with E-state index in [9.17, 15) is 13.2 Å². The Labute approximate surface area is 121 Å². The first-order chi connectivity index (χ1) is 9.36. The molecular formula is C10H15ClN4O4S. The third-order valence-corrected chi connectivity index (χ3v) is 3.86. The smallest absolute Gasteiger partial charge is 0.243 e. The Bertz CT molecular complexity index is 579. The Balaban J connectivity index is 2.60. The summed E-state index contributed by atoms with van der Waals surface area (Å²) in [6.07, 6.45) is 1.18. The molecule has 0 fully saturated rings. The third-order valence-electron chi connectivity index (χ3n) is 2.15. The van der Waals surface area contributed by atoms with Crippen LogP contribution in [0.2, 0.25) is 5.02 Å². The number of hydrogen-bond acceptors (Lipinski definition) is 6. The second-order valence-corrected chi connectivity index (χ2v) is 5.84. The molecule has 1 heterocycles. The number of nitrogens with zero attached hydrogens (tertiary/aromatic N) is 1. The summed E-state index contributed by atoms with van der Waals surface area (Å²) in [5.74, 6) is -0.234. The lowest BCUT2D eigenvalue weighted by molar-refractivity contribution is -0.122. The van der Waals surface area contributed by atoms with Gasteiger partial charge in [0, 0.05) is 19.8 Å². The van der Waals surface area contributed by atoms with Crippen molar-refractivity contribution < 1.29 is 17.9 Å². The molecule has 0 bridgehead atoms. The third kappa shape index (κ3) is 4.93. The molecule has 0 aliphatic rings. The first kappa shape index (κ1) is 16.6. The zero-order chi connectivity index (χ0) is 15.2.